The molecule has 0 unspecified atom stereocenters. The summed E-state index contributed by atoms with van der Waals surface area (Å²) in [6.07, 6.45) is 0. The summed E-state index contributed by atoms with van der Waals surface area (Å²) in [6, 6.07) is 1.61. The first-order valence-electron chi connectivity index (χ1n) is 5.91. The van der Waals surface area contributed by atoms with Gasteiger partial charge in [-0.15, -0.1) is 0 Å². The molecule has 104 valence electrons. The molecule has 0 saturated heterocycles. The van der Waals surface area contributed by atoms with Crippen LogP contribution in [0.4, 0.5) is 0 Å². The van der Waals surface area contributed by atoms with Crippen molar-refractivity contribution in [1.29, 1.82) is 0 Å². The molecule has 5 heteroatoms. The van der Waals surface area contributed by atoms with E-state index < -0.39 is 11.8 Å². The highest BCUT2D eigenvalue weighted by atomic mass is 16.5. The average molecular weight is 266 g/mol. The molecule has 0 amide bonds. The maximum atomic E-state index is 12.0. The number of hydrogen-bond donors (Lipinski definition) is 0. The summed E-state index contributed by atoms with van der Waals surface area (Å²) >= 11 is 0. The van der Waals surface area contributed by atoms with Crippen LogP contribution < -0.4 is 9.47 Å². The van der Waals surface area contributed by atoms with E-state index in [1.165, 1.54) is 14.2 Å². The highest BCUT2D eigenvalue weighted by molar-refractivity contribution is 6.41. The van der Waals surface area contributed by atoms with Gasteiger partial charge in [-0.25, -0.2) is 4.79 Å². The van der Waals surface area contributed by atoms with Crippen LogP contribution in [0.5, 0.6) is 11.5 Å². The lowest BCUT2D eigenvalue weighted by Gasteiger charge is -2.15. The SMILES string of the molecule is CCOC(=O)C(=O)c1cc(C)c(OC)c(OC)c1C. The third-order valence-electron chi connectivity index (χ3n) is 2.78. The van der Waals surface area contributed by atoms with Gasteiger partial charge in [0.05, 0.1) is 20.8 Å². The van der Waals surface area contributed by atoms with Crippen LogP contribution in [0.1, 0.15) is 28.4 Å². The third-order valence-corrected chi connectivity index (χ3v) is 2.78. The second-order valence-corrected chi connectivity index (χ2v) is 3.98. The molecule has 0 radical (unpaired) electrons. The summed E-state index contributed by atoms with van der Waals surface area (Å²) in [6.45, 7) is 5.30. The van der Waals surface area contributed by atoms with E-state index in [0.717, 1.165) is 5.56 Å². The first-order chi connectivity index (χ1) is 8.97. The van der Waals surface area contributed by atoms with Gasteiger partial charge in [0.1, 0.15) is 0 Å². The number of hydrogen-bond acceptors (Lipinski definition) is 5. The molecule has 0 saturated carbocycles. The molecule has 0 aromatic heterocycles. The quantitative estimate of drug-likeness (QED) is 0.464. The van der Waals surface area contributed by atoms with Crippen molar-refractivity contribution in [1.82, 2.24) is 0 Å². The Morgan fingerprint density at radius 3 is 2.16 bits per heavy atom. The molecule has 0 spiro atoms. The molecule has 0 aliphatic carbocycles. The largest absolute Gasteiger partial charge is 0.493 e. The fourth-order valence-corrected chi connectivity index (χ4v) is 1.90. The van der Waals surface area contributed by atoms with Gasteiger partial charge < -0.3 is 14.2 Å². The highest BCUT2D eigenvalue weighted by Crippen LogP contribution is 2.36. The molecule has 1 rings (SSSR count). The van der Waals surface area contributed by atoms with E-state index in [1.807, 2.05) is 0 Å². The molecule has 0 aliphatic heterocycles. The number of carbonyl (C=O) groups is 2. The van der Waals surface area contributed by atoms with Crippen LogP contribution in [0.2, 0.25) is 0 Å². The van der Waals surface area contributed by atoms with Crippen LogP contribution in [0.25, 0.3) is 0 Å². The number of aryl methyl sites for hydroxylation is 1. The van der Waals surface area contributed by atoms with Crippen LogP contribution >= 0.6 is 0 Å². The Morgan fingerprint density at radius 1 is 1.11 bits per heavy atom. The van der Waals surface area contributed by atoms with Crippen molar-refractivity contribution < 1.29 is 23.8 Å². The Kier molecular flexibility index (Phi) is 4.92. The highest BCUT2D eigenvalue weighted by Gasteiger charge is 2.24. The van der Waals surface area contributed by atoms with Crippen molar-refractivity contribution in [2.75, 3.05) is 20.8 Å². The van der Waals surface area contributed by atoms with Crippen molar-refractivity contribution in [2.45, 2.75) is 20.8 Å². The molecular formula is C14H18O5. The van der Waals surface area contributed by atoms with Gasteiger partial charge in [0.2, 0.25) is 0 Å². The van der Waals surface area contributed by atoms with Gasteiger partial charge >= 0.3 is 5.97 Å². The predicted molar refractivity (Wildman–Crippen MR) is 70.0 cm³/mol. The minimum atomic E-state index is -0.864. The fraction of sp³-hybridized carbons (Fsp3) is 0.429. The van der Waals surface area contributed by atoms with Crippen LogP contribution in [0.15, 0.2) is 6.07 Å². The molecule has 19 heavy (non-hydrogen) atoms. The number of esters is 1. The maximum Gasteiger partial charge on any atom is 0.379 e. The third kappa shape index (κ3) is 2.86. The normalized spacial score (nSPS) is 9.95. The first kappa shape index (κ1) is 15.0. The van der Waals surface area contributed by atoms with Gasteiger partial charge in [-0.1, -0.05) is 0 Å². The van der Waals surface area contributed by atoms with E-state index in [1.54, 1.807) is 26.8 Å². The van der Waals surface area contributed by atoms with Gasteiger partial charge in [0.15, 0.2) is 11.5 Å². The van der Waals surface area contributed by atoms with Crippen molar-refractivity contribution in [3.05, 3.63) is 22.8 Å². The number of methoxy groups -OCH3 is 2. The molecule has 5 nitrogen and oxygen atoms in total. The monoisotopic (exact) mass is 266 g/mol. The van der Waals surface area contributed by atoms with E-state index >= 15 is 0 Å². The lowest BCUT2D eigenvalue weighted by molar-refractivity contribution is -0.137. The molecule has 0 aliphatic rings. The van der Waals surface area contributed by atoms with Crippen LogP contribution in [0, 0.1) is 13.8 Å². The standard InChI is InChI=1S/C14H18O5/c1-6-19-14(16)11(15)10-7-8(2)12(17-4)13(18-5)9(10)3/h7H,6H2,1-5H3. The molecule has 1 aromatic carbocycles. The maximum absolute atomic E-state index is 12.0. The zero-order chi connectivity index (χ0) is 14.6. The number of rotatable bonds is 5. The number of Topliss-reactive ketones (excluding diaryl/α,β-unsaturated/α-hetero) is 1. The van der Waals surface area contributed by atoms with Crippen molar-refractivity contribution in [3.8, 4) is 11.5 Å². The zero-order valence-electron chi connectivity index (χ0n) is 11.8. The minimum Gasteiger partial charge on any atom is -0.493 e. The van der Waals surface area contributed by atoms with Crippen LogP contribution in [0.3, 0.4) is 0 Å². The molecule has 1 aromatic rings. The minimum absolute atomic E-state index is 0.163. The number of ketones is 1. The predicted octanol–water partition coefficient (Wildman–Crippen LogP) is 2.07. The number of ether oxygens (including phenoxy) is 3. The van der Waals surface area contributed by atoms with Crippen molar-refractivity contribution >= 4 is 11.8 Å². The summed E-state index contributed by atoms with van der Waals surface area (Å²) in [5.41, 5.74) is 1.55. The van der Waals surface area contributed by atoms with Gasteiger partial charge in [-0.2, -0.15) is 0 Å². The van der Waals surface area contributed by atoms with E-state index in [4.69, 9.17) is 14.2 Å². The van der Waals surface area contributed by atoms with Gasteiger partial charge in [-0.3, -0.25) is 4.79 Å². The molecule has 0 bridgehead atoms. The molecule has 0 atom stereocenters. The van der Waals surface area contributed by atoms with E-state index in [2.05, 4.69) is 0 Å². The lowest BCUT2D eigenvalue weighted by atomic mass is 9.99. The first-order valence-corrected chi connectivity index (χ1v) is 5.91. The Hall–Kier alpha value is -2.04. The second kappa shape index (κ2) is 6.22. The zero-order valence-corrected chi connectivity index (χ0v) is 11.8. The van der Waals surface area contributed by atoms with Crippen molar-refractivity contribution in [2.24, 2.45) is 0 Å². The molecule has 0 fully saturated rings. The summed E-state index contributed by atoms with van der Waals surface area (Å²) in [5, 5.41) is 0. The smallest absolute Gasteiger partial charge is 0.379 e. The van der Waals surface area contributed by atoms with E-state index in [-0.39, 0.29) is 12.2 Å². The summed E-state index contributed by atoms with van der Waals surface area (Å²) in [5.74, 6) is -0.531. The summed E-state index contributed by atoms with van der Waals surface area (Å²) < 4.78 is 15.2. The van der Waals surface area contributed by atoms with Crippen molar-refractivity contribution in [3.63, 3.8) is 0 Å². The Labute approximate surface area is 112 Å². The van der Waals surface area contributed by atoms with Gasteiger partial charge in [-0.05, 0) is 32.4 Å². The van der Waals surface area contributed by atoms with Crippen LogP contribution in [-0.2, 0) is 9.53 Å². The molecule has 0 N–H and O–H groups in total. The summed E-state index contributed by atoms with van der Waals surface area (Å²) in [4.78, 5) is 23.5. The molecular weight excluding hydrogens is 248 g/mol. The van der Waals surface area contributed by atoms with Gasteiger partial charge in [0, 0.05) is 11.1 Å². The molecule has 0 heterocycles. The Morgan fingerprint density at radius 2 is 1.68 bits per heavy atom. The number of carbonyl (C=O) groups excluding carboxylic acids is 2. The Balaban J connectivity index is 3.34. The van der Waals surface area contributed by atoms with E-state index in [9.17, 15) is 9.59 Å². The second-order valence-electron chi connectivity index (χ2n) is 3.98. The number of benzene rings is 1. The topological polar surface area (TPSA) is 61.8 Å². The Bertz CT molecular complexity index is 505. The average Bonchev–Trinajstić information content (AvgIpc) is 2.39. The summed E-state index contributed by atoms with van der Waals surface area (Å²) in [7, 11) is 3.01. The lowest BCUT2D eigenvalue weighted by Crippen LogP contribution is -2.19. The van der Waals surface area contributed by atoms with E-state index in [0.29, 0.717) is 17.1 Å². The fourth-order valence-electron chi connectivity index (χ4n) is 1.90. The van der Waals surface area contributed by atoms with Crippen LogP contribution in [-0.4, -0.2) is 32.6 Å². The van der Waals surface area contributed by atoms with Gasteiger partial charge in [0.25, 0.3) is 5.78 Å².